The molecule has 0 bridgehead atoms. The van der Waals surface area contributed by atoms with Crippen LogP contribution in [0.25, 0.3) is 10.9 Å². The molecule has 0 saturated carbocycles. The second-order valence-electron chi connectivity index (χ2n) is 8.15. The molecule has 6 nitrogen and oxygen atoms in total. The number of carbonyl (C=O) groups is 1. The fourth-order valence-electron chi connectivity index (χ4n) is 3.69. The molecule has 0 aliphatic carbocycles. The van der Waals surface area contributed by atoms with Crippen molar-refractivity contribution in [2.45, 2.75) is 13.5 Å². The number of ether oxygens (including phenoxy) is 1. The minimum atomic E-state index is -0.167. The van der Waals surface area contributed by atoms with Crippen molar-refractivity contribution in [3.05, 3.63) is 120 Å². The Balaban J connectivity index is 1.25. The second-order valence-corrected chi connectivity index (χ2v) is 8.15. The zero-order valence-electron chi connectivity index (χ0n) is 19.2. The summed E-state index contributed by atoms with van der Waals surface area (Å²) < 4.78 is 5.81. The largest absolute Gasteiger partial charge is 0.487 e. The molecule has 0 saturated heterocycles. The van der Waals surface area contributed by atoms with Gasteiger partial charge in [-0.2, -0.15) is 0 Å². The Bertz CT molecular complexity index is 1470. The number of aromatic nitrogens is 2. The van der Waals surface area contributed by atoms with Crippen LogP contribution in [-0.4, -0.2) is 15.9 Å². The Labute approximate surface area is 203 Å². The molecular weight excluding hydrogens is 436 g/mol. The van der Waals surface area contributed by atoms with Crippen LogP contribution in [0.4, 0.5) is 17.1 Å². The highest BCUT2D eigenvalue weighted by atomic mass is 16.5. The number of fused-ring (bicyclic) bond motifs is 1. The van der Waals surface area contributed by atoms with Gasteiger partial charge in [0.25, 0.3) is 5.91 Å². The minimum absolute atomic E-state index is 0.167. The van der Waals surface area contributed by atoms with Gasteiger partial charge in [-0.25, -0.2) is 0 Å². The summed E-state index contributed by atoms with van der Waals surface area (Å²) in [6.07, 6.45) is 3.50. The molecule has 0 fully saturated rings. The Kier molecular flexibility index (Phi) is 6.35. The van der Waals surface area contributed by atoms with Gasteiger partial charge >= 0.3 is 0 Å². The molecule has 0 aliphatic rings. The van der Waals surface area contributed by atoms with Gasteiger partial charge in [0.1, 0.15) is 12.4 Å². The standard InChI is InChI=1S/C29H24N4O2/c1-20-7-9-24(33-29(34)22-8-14-27-21(17-22)5-4-16-31-27)18-28(20)32-23-10-12-26(13-11-23)35-19-25-6-2-3-15-30-25/h2-18,32H,19H2,1H3,(H,33,34). The van der Waals surface area contributed by atoms with Crippen molar-refractivity contribution >= 4 is 33.9 Å². The number of hydrogen-bond acceptors (Lipinski definition) is 5. The van der Waals surface area contributed by atoms with E-state index >= 15 is 0 Å². The van der Waals surface area contributed by atoms with Gasteiger partial charge < -0.3 is 15.4 Å². The van der Waals surface area contributed by atoms with Gasteiger partial charge in [0.15, 0.2) is 0 Å². The number of anilines is 3. The first kappa shape index (κ1) is 22.1. The number of nitrogens with one attached hydrogen (secondary N) is 2. The first-order valence-electron chi connectivity index (χ1n) is 11.3. The number of amides is 1. The average Bonchev–Trinajstić information content (AvgIpc) is 2.90. The quantitative estimate of drug-likeness (QED) is 0.289. The van der Waals surface area contributed by atoms with Crippen molar-refractivity contribution in [3.8, 4) is 5.75 Å². The maximum Gasteiger partial charge on any atom is 0.255 e. The average molecular weight is 461 g/mol. The molecule has 0 atom stereocenters. The molecule has 35 heavy (non-hydrogen) atoms. The summed E-state index contributed by atoms with van der Waals surface area (Å²) in [4.78, 5) is 21.4. The summed E-state index contributed by atoms with van der Waals surface area (Å²) in [5, 5.41) is 7.35. The molecule has 0 spiro atoms. The number of hydrogen-bond donors (Lipinski definition) is 2. The highest BCUT2D eigenvalue weighted by molar-refractivity contribution is 6.06. The molecule has 5 rings (SSSR count). The predicted octanol–water partition coefficient (Wildman–Crippen LogP) is 6.51. The van der Waals surface area contributed by atoms with Crippen LogP contribution in [0.15, 0.2) is 103 Å². The Morgan fingerprint density at radius 2 is 1.66 bits per heavy atom. The van der Waals surface area contributed by atoms with Gasteiger partial charge in [0, 0.05) is 40.4 Å². The van der Waals surface area contributed by atoms with E-state index in [1.165, 1.54) is 0 Å². The molecule has 2 N–H and O–H groups in total. The number of carbonyl (C=O) groups excluding carboxylic acids is 1. The normalized spacial score (nSPS) is 10.7. The smallest absolute Gasteiger partial charge is 0.255 e. The van der Waals surface area contributed by atoms with Crippen molar-refractivity contribution in [2.24, 2.45) is 0 Å². The Morgan fingerprint density at radius 1 is 0.829 bits per heavy atom. The summed E-state index contributed by atoms with van der Waals surface area (Å²) in [7, 11) is 0. The zero-order chi connectivity index (χ0) is 24.0. The maximum atomic E-state index is 12.8. The van der Waals surface area contributed by atoms with E-state index in [0.29, 0.717) is 17.9 Å². The van der Waals surface area contributed by atoms with Crippen LogP contribution in [0.5, 0.6) is 5.75 Å². The summed E-state index contributed by atoms with van der Waals surface area (Å²) in [5.74, 6) is 0.601. The molecule has 2 aromatic heterocycles. The van der Waals surface area contributed by atoms with Crippen molar-refractivity contribution < 1.29 is 9.53 Å². The molecule has 0 aliphatic heterocycles. The van der Waals surface area contributed by atoms with E-state index < -0.39 is 0 Å². The summed E-state index contributed by atoms with van der Waals surface area (Å²) >= 11 is 0. The highest BCUT2D eigenvalue weighted by Gasteiger charge is 2.09. The van der Waals surface area contributed by atoms with Gasteiger partial charge in [-0.1, -0.05) is 18.2 Å². The summed E-state index contributed by atoms with van der Waals surface area (Å²) in [5.41, 5.74) is 5.93. The van der Waals surface area contributed by atoms with E-state index in [1.54, 1.807) is 18.5 Å². The van der Waals surface area contributed by atoms with Crippen molar-refractivity contribution in [3.63, 3.8) is 0 Å². The first-order chi connectivity index (χ1) is 17.1. The van der Waals surface area contributed by atoms with Gasteiger partial charge in [-0.05, 0) is 85.3 Å². The molecule has 172 valence electrons. The van der Waals surface area contributed by atoms with Crippen molar-refractivity contribution in [2.75, 3.05) is 10.6 Å². The van der Waals surface area contributed by atoms with Crippen LogP contribution >= 0.6 is 0 Å². The lowest BCUT2D eigenvalue weighted by molar-refractivity contribution is 0.102. The molecule has 0 unspecified atom stereocenters. The number of pyridine rings is 2. The van der Waals surface area contributed by atoms with E-state index in [4.69, 9.17) is 4.74 Å². The molecule has 6 heteroatoms. The number of nitrogens with zero attached hydrogens (tertiary/aromatic N) is 2. The van der Waals surface area contributed by atoms with Crippen LogP contribution in [-0.2, 0) is 6.61 Å². The third-order valence-corrected chi connectivity index (χ3v) is 5.61. The van der Waals surface area contributed by atoms with E-state index in [9.17, 15) is 4.79 Å². The topological polar surface area (TPSA) is 76.1 Å². The molecule has 2 heterocycles. The third kappa shape index (κ3) is 5.45. The van der Waals surface area contributed by atoms with Crippen LogP contribution in [0.1, 0.15) is 21.6 Å². The summed E-state index contributed by atoms with van der Waals surface area (Å²) in [6.45, 7) is 2.44. The van der Waals surface area contributed by atoms with E-state index in [2.05, 4.69) is 20.6 Å². The molecular formula is C29H24N4O2. The fraction of sp³-hybridized carbons (Fsp3) is 0.0690. The van der Waals surface area contributed by atoms with Crippen molar-refractivity contribution in [1.82, 2.24) is 9.97 Å². The van der Waals surface area contributed by atoms with E-state index in [0.717, 1.165) is 39.3 Å². The molecule has 5 aromatic rings. The van der Waals surface area contributed by atoms with Crippen LogP contribution < -0.4 is 15.4 Å². The van der Waals surface area contributed by atoms with Crippen molar-refractivity contribution in [1.29, 1.82) is 0 Å². The predicted molar refractivity (Wildman–Crippen MR) is 139 cm³/mol. The van der Waals surface area contributed by atoms with Gasteiger partial charge in [0.2, 0.25) is 0 Å². The lowest BCUT2D eigenvalue weighted by atomic mass is 10.1. The molecule has 1 amide bonds. The Morgan fingerprint density at radius 3 is 2.49 bits per heavy atom. The lowest BCUT2D eigenvalue weighted by Gasteiger charge is -2.13. The van der Waals surface area contributed by atoms with Gasteiger partial charge in [-0.15, -0.1) is 0 Å². The van der Waals surface area contributed by atoms with Crippen LogP contribution in [0, 0.1) is 6.92 Å². The molecule has 3 aromatic carbocycles. The summed E-state index contributed by atoms with van der Waals surface area (Å²) in [6, 6.07) is 28.6. The van der Waals surface area contributed by atoms with Gasteiger partial charge in [0.05, 0.1) is 11.2 Å². The SMILES string of the molecule is Cc1ccc(NC(=O)c2ccc3ncccc3c2)cc1Nc1ccc(OCc2ccccn2)cc1. The van der Waals surface area contributed by atoms with Gasteiger partial charge in [-0.3, -0.25) is 14.8 Å². The molecule has 0 radical (unpaired) electrons. The minimum Gasteiger partial charge on any atom is -0.487 e. The second kappa shape index (κ2) is 10.1. The number of rotatable bonds is 7. The highest BCUT2D eigenvalue weighted by Crippen LogP contribution is 2.26. The maximum absolute atomic E-state index is 12.8. The number of benzene rings is 3. The lowest BCUT2D eigenvalue weighted by Crippen LogP contribution is -2.12. The number of aryl methyl sites for hydroxylation is 1. The monoisotopic (exact) mass is 460 g/mol. The van der Waals surface area contributed by atoms with E-state index in [1.807, 2.05) is 91.9 Å². The Hall–Kier alpha value is -4.71. The van der Waals surface area contributed by atoms with Crippen LogP contribution in [0.3, 0.4) is 0 Å². The zero-order valence-corrected chi connectivity index (χ0v) is 19.2. The fourth-order valence-corrected chi connectivity index (χ4v) is 3.69. The van der Waals surface area contributed by atoms with Crippen LogP contribution in [0.2, 0.25) is 0 Å². The first-order valence-corrected chi connectivity index (χ1v) is 11.3. The van der Waals surface area contributed by atoms with E-state index in [-0.39, 0.29) is 5.91 Å². The third-order valence-electron chi connectivity index (χ3n) is 5.61.